The van der Waals surface area contributed by atoms with Gasteiger partial charge in [0.1, 0.15) is 0 Å². The van der Waals surface area contributed by atoms with E-state index < -0.39 is 0 Å². The molecule has 1 atom stereocenters. The van der Waals surface area contributed by atoms with E-state index in [9.17, 15) is 4.79 Å². The Labute approximate surface area is 112 Å². The van der Waals surface area contributed by atoms with Gasteiger partial charge in [0.25, 0.3) is 5.91 Å². The molecule has 2 N–H and O–H groups in total. The van der Waals surface area contributed by atoms with Crippen molar-refractivity contribution in [2.75, 3.05) is 6.61 Å². The molecule has 1 unspecified atom stereocenters. The molecule has 102 valence electrons. The predicted molar refractivity (Wildman–Crippen MR) is 74.0 cm³/mol. The standard InChI is InChI=1S/C14H19N3O2/c1-3-11(6-7-18)16-14(19)10-4-5-13-12(8-10)15-9-17(13)2/h4-5,8-9,11,18H,3,6-7H2,1-2H3,(H,16,19). The number of carbonyl (C=O) groups is 1. The Morgan fingerprint density at radius 1 is 1.53 bits per heavy atom. The molecule has 0 spiro atoms. The summed E-state index contributed by atoms with van der Waals surface area (Å²) in [6, 6.07) is 5.49. The predicted octanol–water partition coefficient (Wildman–Crippen LogP) is 1.46. The highest BCUT2D eigenvalue weighted by molar-refractivity contribution is 5.97. The lowest BCUT2D eigenvalue weighted by Crippen LogP contribution is -2.35. The lowest BCUT2D eigenvalue weighted by Gasteiger charge is -2.15. The molecule has 0 saturated heterocycles. The molecule has 5 heteroatoms. The van der Waals surface area contributed by atoms with Crippen LogP contribution in [0, 0.1) is 0 Å². The molecule has 1 aromatic carbocycles. The first-order valence-corrected chi connectivity index (χ1v) is 6.48. The normalized spacial score (nSPS) is 12.6. The fourth-order valence-electron chi connectivity index (χ4n) is 2.08. The number of hydrogen-bond donors (Lipinski definition) is 2. The number of imidazole rings is 1. The number of nitrogens with zero attached hydrogens (tertiary/aromatic N) is 2. The summed E-state index contributed by atoms with van der Waals surface area (Å²) in [7, 11) is 1.92. The van der Waals surface area contributed by atoms with Crippen LogP contribution in [0.1, 0.15) is 30.1 Å². The van der Waals surface area contributed by atoms with Crippen molar-refractivity contribution in [1.29, 1.82) is 0 Å². The molecule has 0 bridgehead atoms. The average Bonchev–Trinajstić information content (AvgIpc) is 2.79. The maximum absolute atomic E-state index is 12.1. The van der Waals surface area contributed by atoms with Crippen LogP contribution in [-0.2, 0) is 7.05 Å². The third-order valence-corrected chi connectivity index (χ3v) is 3.29. The van der Waals surface area contributed by atoms with Crippen molar-refractivity contribution in [2.24, 2.45) is 7.05 Å². The number of amides is 1. The molecule has 0 aliphatic carbocycles. The minimum absolute atomic E-state index is 0.0110. The van der Waals surface area contributed by atoms with Crippen LogP contribution in [0.25, 0.3) is 11.0 Å². The quantitative estimate of drug-likeness (QED) is 0.856. The fraction of sp³-hybridized carbons (Fsp3) is 0.429. The van der Waals surface area contributed by atoms with E-state index in [1.165, 1.54) is 0 Å². The molecule has 1 heterocycles. The molecular weight excluding hydrogens is 242 g/mol. The van der Waals surface area contributed by atoms with Gasteiger partial charge >= 0.3 is 0 Å². The van der Waals surface area contributed by atoms with E-state index >= 15 is 0 Å². The van der Waals surface area contributed by atoms with Crippen molar-refractivity contribution in [3.63, 3.8) is 0 Å². The molecule has 2 aromatic rings. The summed E-state index contributed by atoms with van der Waals surface area (Å²) >= 11 is 0. The van der Waals surface area contributed by atoms with E-state index in [1.54, 1.807) is 18.5 Å². The monoisotopic (exact) mass is 261 g/mol. The van der Waals surface area contributed by atoms with E-state index in [0.29, 0.717) is 12.0 Å². The third kappa shape index (κ3) is 2.93. The number of nitrogens with one attached hydrogen (secondary N) is 1. The number of carbonyl (C=O) groups excluding carboxylic acids is 1. The van der Waals surface area contributed by atoms with Crippen LogP contribution in [-0.4, -0.2) is 33.2 Å². The Balaban J connectivity index is 2.16. The van der Waals surface area contributed by atoms with Crippen LogP contribution in [0.4, 0.5) is 0 Å². The summed E-state index contributed by atoms with van der Waals surface area (Å²) in [5.41, 5.74) is 2.41. The molecule has 0 radical (unpaired) electrons. The summed E-state index contributed by atoms with van der Waals surface area (Å²) in [5.74, 6) is -0.118. The second-order valence-electron chi connectivity index (χ2n) is 4.65. The number of aliphatic hydroxyl groups is 1. The van der Waals surface area contributed by atoms with E-state index in [-0.39, 0.29) is 18.6 Å². The van der Waals surface area contributed by atoms with Crippen LogP contribution in [0.2, 0.25) is 0 Å². The first-order valence-electron chi connectivity index (χ1n) is 6.48. The van der Waals surface area contributed by atoms with Gasteiger partial charge in [-0.05, 0) is 31.0 Å². The van der Waals surface area contributed by atoms with Crippen LogP contribution in [0.15, 0.2) is 24.5 Å². The third-order valence-electron chi connectivity index (χ3n) is 3.29. The van der Waals surface area contributed by atoms with Crippen LogP contribution in [0.3, 0.4) is 0 Å². The summed E-state index contributed by atoms with van der Waals surface area (Å²) in [6.45, 7) is 2.07. The van der Waals surface area contributed by atoms with Crippen molar-refractivity contribution in [1.82, 2.24) is 14.9 Å². The zero-order valence-corrected chi connectivity index (χ0v) is 11.3. The highest BCUT2D eigenvalue weighted by Gasteiger charge is 2.12. The Morgan fingerprint density at radius 2 is 2.32 bits per heavy atom. The SMILES string of the molecule is CCC(CCO)NC(=O)c1ccc2c(c1)ncn2C. The van der Waals surface area contributed by atoms with Gasteiger partial charge in [-0.25, -0.2) is 4.98 Å². The van der Waals surface area contributed by atoms with Crippen molar-refractivity contribution in [3.8, 4) is 0 Å². The summed E-state index contributed by atoms with van der Waals surface area (Å²) < 4.78 is 1.91. The Hall–Kier alpha value is -1.88. The van der Waals surface area contributed by atoms with Gasteiger partial charge in [0, 0.05) is 25.3 Å². The number of benzene rings is 1. The minimum atomic E-state index is -0.118. The van der Waals surface area contributed by atoms with Gasteiger partial charge in [-0.2, -0.15) is 0 Å². The van der Waals surface area contributed by atoms with Gasteiger partial charge in [-0.15, -0.1) is 0 Å². The Bertz CT molecular complexity index is 577. The summed E-state index contributed by atoms with van der Waals surface area (Å²) in [4.78, 5) is 16.4. The molecule has 1 aromatic heterocycles. The van der Waals surface area contributed by atoms with Crippen molar-refractivity contribution >= 4 is 16.9 Å². The summed E-state index contributed by atoms with van der Waals surface area (Å²) in [5, 5.41) is 11.9. The fourth-order valence-corrected chi connectivity index (χ4v) is 2.08. The van der Waals surface area contributed by atoms with Crippen molar-refractivity contribution in [3.05, 3.63) is 30.1 Å². The molecule has 5 nitrogen and oxygen atoms in total. The zero-order valence-electron chi connectivity index (χ0n) is 11.3. The van der Waals surface area contributed by atoms with Crippen LogP contribution in [0.5, 0.6) is 0 Å². The van der Waals surface area contributed by atoms with Gasteiger partial charge in [0.15, 0.2) is 0 Å². The van der Waals surface area contributed by atoms with Gasteiger partial charge < -0.3 is 15.0 Å². The first kappa shape index (κ1) is 13.5. The second-order valence-corrected chi connectivity index (χ2v) is 4.65. The average molecular weight is 261 g/mol. The molecule has 0 aliphatic heterocycles. The molecule has 0 aliphatic rings. The molecule has 1 amide bonds. The first-order chi connectivity index (χ1) is 9.15. The van der Waals surface area contributed by atoms with Crippen LogP contribution < -0.4 is 5.32 Å². The molecule has 19 heavy (non-hydrogen) atoms. The highest BCUT2D eigenvalue weighted by Crippen LogP contribution is 2.14. The number of aromatic nitrogens is 2. The second kappa shape index (κ2) is 5.84. The molecule has 0 fully saturated rings. The Kier molecular flexibility index (Phi) is 4.16. The lowest BCUT2D eigenvalue weighted by atomic mass is 10.1. The highest BCUT2D eigenvalue weighted by atomic mass is 16.3. The molecule has 2 rings (SSSR count). The topological polar surface area (TPSA) is 67.2 Å². The number of fused-ring (bicyclic) bond motifs is 1. The number of aliphatic hydroxyl groups excluding tert-OH is 1. The van der Waals surface area contributed by atoms with Gasteiger partial charge in [-0.1, -0.05) is 6.92 Å². The van der Waals surface area contributed by atoms with E-state index in [2.05, 4.69) is 10.3 Å². The Morgan fingerprint density at radius 3 is 3.00 bits per heavy atom. The number of hydrogen-bond acceptors (Lipinski definition) is 3. The number of aryl methyl sites for hydroxylation is 1. The van der Waals surface area contributed by atoms with E-state index in [4.69, 9.17) is 5.11 Å². The minimum Gasteiger partial charge on any atom is -0.396 e. The van der Waals surface area contributed by atoms with Crippen molar-refractivity contribution < 1.29 is 9.90 Å². The summed E-state index contributed by atoms with van der Waals surface area (Å²) in [6.07, 6.45) is 3.11. The van der Waals surface area contributed by atoms with Crippen molar-refractivity contribution in [2.45, 2.75) is 25.8 Å². The number of rotatable bonds is 5. The largest absolute Gasteiger partial charge is 0.396 e. The van der Waals surface area contributed by atoms with E-state index in [1.807, 2.05) is 24.6 Å². The zero-order chi connectivity index (χ0) is 13.8. The van der Waals surface area contributed by atoms with Gasteiger partial charge in [0.2, 0.25) is 0 Å². The van der Waals surface area contributed by atoms with Gasteiger partial charge in [0.05, 0.1) is 17.4 Å². The maximum Gasteiger partial charge on any atom is 0.251 e. The molecule has 0 saturated carbocycles. The van der Waals surface area contributed by atoms with E-state index in [0.717, 1.165) is 17.5 Å². The lowest BCUT2D eigenvalue weighted by molar-refractivity contribution is 0.0929. The van der Waals surface area contributed by atoms with Crippen LogP contribution >= 0.6 is 0 Å². The van der Waals surface area contributed by atoms with Gasteiger partial charge in [-0.3, -0.25) is 4.79 Å². The maximum atomic E-state index is 12.1. The smallest absolute Gasteiger partial charge is 0.251 e. The molecular formula is C14H19N3O2.